The average Bonchev–Trinajstić information content (AvgIpc) is 3.09. The Morgan fingerprint density at radius 3 is 2.25 bits per heavy atom. The number of nitrogens with one attached hydrogen (secondary N) is 2. The highest BCUT2D eigenvalue weighted by Gasteiger charge is 2.15. The maximum Gasteiger partial charge on any atom is 0.308 e. The van der Waals surface area contributed by atoms with Gasteiger partial charge in [-0.25, -0.2) is 8.42 Å². The van der Waals surface area contributed by atoms with Crippen molar-refractivity contribution in [3.63, 3.8) is 0 Å². The standard InChI is InChI=1S/C23H21N3O4S2/c1-15(2)26-20-13-12-18(14-21(20)31-23(26)28)24-22(27)16-8-10-17(11-9-16)25-32(29,30)19-6-4-3-5-7-19/h3-15,25H,1-2H3,(H,24,27). The lowest BCUT2D eigenvalue weighted by atomic mass is 10.2. The molecule has 0 fully saturated rings. The van der Waals surface area contributed by atoms with Gasteiger partial charge in [-0.05, 0) is 68.4 Å². The Kier molecular flexibility index (Phi) is 5.86. The van der Waals surface area contributed by atoms with E-state index in [0.717, 1.165) is 21.6 Å². The normalized spacial score (nSPS) is 11.6. The van der Waals surface area contributed by atoms with Gasteiger partial charge in [0.25, 0.3) is 15.9 Å². The molecular formula is C23H21N3O4S2. The molecule has 4 rings (SSSR count). The van der Waals surface area contributed by atoms with E-state index < -0.39 is 10.0 Å². The molecule has 1 amide bonds. The average molecular weight is 468 g/mol. The Bertz CT molecular complexity index is 1440. The first kappa shape index (κ1) is 21.8. The third kappa shape index (κ3) is 4.44. The summed E-state index contributed by atoms with van der Waals surface area (Å²) < 4.78 is 29.9. The Labute approximate surface area is 189 Å². The molecule has 0 radical (unpaired) electrons. The minimum Gasteiger partial charge on any atom is -0.322 e. The third-order valence-electron chi connectivity index (χ3n) is 4.84. The van der Waals surface area contributed by atoms with Gasteiger partial charge in [0.2, 0.25) is 0 Å². The zero-order valence-electron chi connectivity index (χ0n) is 17.4. The van der Waals surface area contributed by atoms with Gasteiger partial charge < -0.3 is 5.32 Å². The lowest BCUT2D eigenvalue weighted by Crippen LogP contribution is -2.15. The summed E-state index contributed by atoms with van der Waals surface area (Å²) in [5.41, 5.74) is 2.14. The second kappa shape index (κ2) is 8.60. The van der Waals surface area contributed by atoms with Crippen molar-refractivity contribution >= 4 is 48.9 Å². The molecule has 0 aliphatic heterocycles. The number of nitrogens with zero attached hydrogens (tertiary/aromatic N) is 1. The number of benzene rings is 3. The fraction of sp³-hybridized carbons (Fsp3) is 0.130. The first-order valence-electron chi connectivity index (χ1n) is 9.89. The van der Waals surface area contributed by atoms with E-state index in [4.69, 9.17) is 0 Å². The second-order valence-electron chi connectivity index (χ2n) is 7.46. The largest absolute Gasteiger partial charge is 0.322 e. The summed E-state index contributed by atoms with van der Waals surface area (Å²) in [6, 6.07) is 19.6. The van der Waals surface area contributed by atoms with Gasteiger partial charge in [0, 0.05) is 23.0 Å². The van der Waals surface area contributed by atoms with Gasteiger partial charge in [-0.3, -0.25) is 18.9 Å². The van der Waals surface area contributed by atoms with Crippen molar-refractivity contribution in [2.75, 3.05) is 10.0 Å². The van der Waals surface area contributed by atoms with Gasteiger partial charge in [-0.15, -0.1) is 0 Å². The van der Waals surface area contributed by atoms with Crippen LogP contribution in [0.1, 0.15) is 30.2 Å². The van der Waals surface area contributed by atoms with Gasteiger partial charge in [0.05, 0.1) is 15.1 Å². The molecule has 0 saturated carbocycles. The summed E-state index contributed by atoms with van der Waals surface area (Å²) in [5.74, 6) is -0.336. The number of amides is 1. The Hall–Kier alpha value is -3.43. The number of fused-ring (bicyclic) bond motifs is 1. The predicted molar refractivity (Wildman–Crippen MR) is 128 cm³/mol. The molecule has 0 saturated heterocycles. The summed E-state index contributed by atoms with van der Waals surface area (Å²) >= 11 is 1.14. The van der Waals surface area contributed by atoms with Crippen LogP contribution in [0.15, 0.2) is 82.5 Å². The Morgan fingerprint density at radius 1 is 0.938 bits per heavy atom. The monoisotopic (exact) mass is 467 g/mol. The van der Waals surface area contributed by atoms with Crippen molar-refractivity contribution in [3.05, 3.63) is 88.0 Å². The first-order valence-corrected chi connectivity index (χ1v) is 12.2. The highest BCUT2D eigenvalue weighted by atomic mass is 32.2. The zero-order chi connectivity index (χ0) is 22.9. The van der Waals surface area contributed by atoms with Crippen molar-refractivity contribution < 1.29 is 13.2 Å². The van der Waals surface area contributed by atoms with E-state index >= 15 is 0 Å². The minimum absolute atomic E-state index is 0.0352. The minimum atomic E-state index is -3.70. The molecule has 7 nitrogen and oxygen atoms in total. The van der Waals surface area contributed by atoms with E-state index in [1.807, 2.05) is 19.9 Å². The van der Waals surface area contributed by atoms with E-state index in [1.54, 1.807) is 47.0 Å². The molecule has 1 aromatic heterocycles. The van der Waals surface area contributed by atoms with Crippen molar-refractivity contribution in [1.29, 1.82) is 0 Å². The van der Waals surface area contributed by atoms with Crippen LogP contribution < -0.4 is 14.9 Å². The molecule has 1 heterocycles. The summed E-state index contributed by atoms with van der Waals surface area (Å²) in [6.07, 6.45) is 0. The molecule has 164 valence electrons. The SMILES string of the molecule is CC(C)n1c(=O)sc2cc(NC(=O)c3ccc(NS(=O)(=O)c4ccccc4)cc3)ccc21. The van der Waals surface area contributed by atoms with E-state index in [1.165, 1.54) is 24.3 Å². The highest BCUT2D eigenvalue weighted by molar-refractivity contribution is 7.92. The third-order valence-corrected chi connectivity index (χ3v) is 7.16. The van der Waals surface area contributed by atoms with E-state index in [9.17, 15) is 18.0 Å². The van der Waals surface area contributed by atoms with Gasteiger partial charge in [-0.1, -0.05) is 29.5 Å². The van der Waals surface area contributed by atoms with E-state index in [-0.39, 0.29) is 21.7 Å². The van der Waals surface area contributed by atoms with Crippen molar-refractivity contribution in [2.45, 2.75) is 24.8 Å². The van der Waals surface area contributed by atoms with Crippen LogP contribution in [0.25, 0.3) is 10.2 Å². The number of carbonyl (C=O) groups is 1. The van der Waals surface area contributed by atoms with Crippen LogP contribution in [-0.4, -0.2) is 18.9 Å². The van der Waals surface area contributed by atoms with Gasteiger partial charge >= 0.3 is 4.87 Å². The Morgan fingerprint density at radius 2 is 1.59 bits per heavy atom. The number of hydrogen-bond donors (Lipinski definition) is 2. The summed E-state index contributed by atoms with van der Waals surface area (Å²) in [4.78, 5) is 25.0. The molecule has 0 aliphatic carbocycles. The van der Waals surface area contributed by atoms with Gasteiger partial charge in [0.15, 0.2) is 0 Å². The van der Waals surface area contributed by atoms with Crippen LogP contribution in [-0.2, 0) is 10.0 Å². The smallest absolute Gasteiger partial charge is 0.308 e. The Balaban J connectivity index is 1.49. The summed E-state index contributed by atoms with van der Waals surface area (Å²) in [7, 11) is -3.70. The molecule has 4 aromatic rings. The topological polar surface area (TPSA) is 97.3 Å². The molecule has 0 spiro atoms. The van der Waals surface area contributed by atoms with Crippen molar-refractivity contribution in [2.24, 2.45) is 0 Å². The fourth-order valence-electron chi connectivity index (χ4n) is 3.31. The van der Waals surface area contributed by atoms with Crippen LogP contribution in [0.2, 0.25) is 0 Å². The van der Waals surface area contributed by atoms with Crippen LogP contribution in [0.4, 0.5) is 11.4 Å². The fourth-order valence-corrected chi connectivity index (χ4v) is 5.44. The van der Waals surface area contributed by atoms with E-state index in [0.29, 0.717) is 16.9 Å². The molecule has 0 bridgehead atoms. The number of anilines is 2. The van der Waals surface area contributed by atoms with Crippen LogP contribution in [0.3, 0.4) is 0 Å². The van der Waals surface area contributed by atoms with Crippen LogP contribution >= 0.6 is 11.3 Å². The quantitative estimate of drug-likeness (QED) is 0.430. The number of thiazole rings is 1. The number of rotatable bonds is 6. The van der Waals surface area contributed by atoms with Gasteiger partial charge in [0.1, 0.15) is 0 Å². The summed E-state index contributed by atoms with van der Waals surface area (Å²) in [5, 5.41) is 2.82. The lowest BCUT2D eigenvalue weighted by molar-refractivity contribution is 0.102. The molecule has 2 N–H and O–H groups in total. The van der Waals surface area contributed by atoms with Crippen LogP contribution in [0, 0.1) is 0 Å². The van der Waals surface area contributed by atoms with Gasteiger partial charge in [-0.2, -0.15) is 0 Å². The second-order valence-corrected chi connectivity index (χ2v) is 10.1. The van der Waals surface area contributed by atoms with Crippen molar-refractivity contribution in [1.82, 2.24) is 4.57 Å². The number of carbonyl (C=O) groups excluding carboxylic acids is 1. The predicted octanol–water partition coefficient (Wildman–Crippen LogP) is 4.70. The number of aromatic nitrogens is 1. The zero-order valence-corrected chi connectivity index (χ0v) is 19.0. The molecule has 0 unspecified atom stereocenters. The lowest BCUT2D eigenvalue weighted by Gasteiger charge is -2.10. The number of sulfonamides is 1. The molecule has 0 aliphatic rings. The van der Waals surface area contributed by atoms with E-state index in [2.05, 4.69) is 10.0 Å². The molecule has 32 heavy (non-hydrogen) atoms. The molecular weight excluding hydrogens is 446 g/mol. The summed E-state index contributed by atoms with van der Waals surface area (Å²) in [6.45, 7) is 3.90. The maximum absolute atomic E-state index is 12.6. The maximum atomic E-state index is 12.6. The number of hydrogen-bond acceptors (Lipinski definition) is 5. The van der Waals surface area contributed by atoms with Crippen molar-refractivity contribution in [3.8, 4) is 0 Å². The highest BCUT2D eigenvalue weighted by Crippen LogP contribution is 2.25. The molecule has 0 atom stereocenters. The molecule has 3 aromatic carbocycles. The van der Waals surface area contributed by atoms with Crippen LogP contribution in [0.5, 0.6) is 0 Å². The first-order chi connectivity index (χ1) is 15.2. The molecule has 9 heteroatoms.